The van der Waals surface area contributed by atoms with E-state index in [1.165, 1.54) is 12.1 Å². The molecule has 5 aromatic carbocycles. The number of hydrogen-bond donors (Lipinski definition) is 6. The van der Waals surface area contributed by atoms with Crippen molar-refractivity contribution in [1.29, 1.82) is 0 Å². The molecule has 0 saturated carbocycles. The number of aliphatic hydroxyl groups is 1. The summed E-state index contributed by atoms with van der Waals surface area (Å²) in [6, 6.07) is 34.6. The molecule has 2 heterocycles. The molecule has 1 saturated heterocycles. The van der Waals surface area contributed by atoms with E-state index in [-0.39, 0.29) is 41.3 Å². The van der Waals surface area contributed by atoms with Crippen molar-refractivity contribution in [3.05, 3.63) is 153 Å². The number of H-pyrrole nitrogens is 1. The van der Waals surface area contributed by atoms with Crippen molar-refractivity contribution >= 4 is 45.9 Å². The van der Waals surface area contributed by atoms with Crippen molar-refractivity contribution in [3.8, 4) is 16.9 Å². The third-order valence-corrected chi connectivity index (χ3v) is 11.4. The largest absolute Gasteiger partial charge is 0.506 e. The van der Waals surface area contributed by atoms with E-state index in [1.807, 2.05) is 92.7 Å². The first-order chi connectivity index (χ1) is 29.9. The lowest BCUT2D eigenvalue weighted by atomic mass is 10.0. The zero-order valence-corrected chi connectivity index (χ0v) is 35.1. The molecule has 1 aromatic heterocycles. The van der Waals surface area contributed by atoms with Gasteiger partial charge in [-0.2, -0.15) is 0 Å². The number of para-hydroxylation sites is 1. The number of anilines is 3. The smallest absolute Gasteiger partial charge is 0.411 e. The van der Waals surface area contributed by atoms with Crippen molar-refractivity contribution in [1.82, 2.24) is 15.2 Å². The number of aryl methyl sites for hydroxylation is 2. The Morgan fingerprint density at radius 1 is 0.855 bits per heavy atom. The number of nitrogens with zero attached hydrogens (tertiary/aromatic N) is 2. The zero-order chi connectivity index (χ0) is 43.8. The predicted octanol–water partition coefficient (Wildman–Crippen LogP) is 7.66. The van der Waals surface area contributed by atoms with Crippen molar-refractivity contribution in [2.24, 2.45) is 0 Å². The number of piperidine rings is 1. The number of carbonyl (C=O) groups excluding carboxylic acids is 3. The first-order valence-corrected chi connectivity index (χ1v) is 20.8. The number of aliphatic hydroxyl groups excluding tert-OH is 1. The molecule has 0 spiro atoms. The highest BCUT2D eigenvalue weighted by Gasteiger charge is 2.24. The highest BCUT2D eigenvalue weighted by atomic mass is 16.6. The molecule has 0 bridgehead atoms. The van der Waals surface area contributed by atoms with Gasteiger partial charge in [-0.05, 0) is 90.9 Å². The van der Waals surface area contributed by atoms with Gasteiger partial charge in [0, 0.05) is 80.1 Å². The second-order valence-electron chi connectivity index (χ2n) is 15.7. The fourth-order valence-corrected chi connectivity index (χ4v) is 7.85. The van der Waals surface area contributed by atoms with E-state index in [4.69, 9.17) is 4.74 Å². The number of likely N-dealkylation sites (tertiary alicyclic amines) is 1. The molecular formula is C49H52N6O7. The van der Waals surface area contributed by atoms with Gasteiger partial charge in [-0.25, -0.2) is 4.79 Å². The number of phenolic OH excluding ortho intramolecular Hbond substituents is 1. The molecule has 1 aliphatic rings. The standard InChI is InChI=1S/C49H52N6O7/c1-31-13-15-35(48(60)51-40-18-14-33(27-32(40)2)29-50-30-44(57)38-16-19-43(56)47-39(38)17-20-45(58)53-47)28-42(31)54(3)46(59)23-26-55-24-21-36(22-25-55)62-49(61)52-41-12-8-7-11-37(41)34-9-5-4-6-10-34/h4-20,27-28,36,44,50,56-57H,21-26,29-30H2,1-3H3,(H,51,60)(H,52,61)(H,53,58)/t44-/m0/s1. The van der Waals surface area contributed by atoms with Crippen LogP contribution in [0.5, 0.6) is 5.75 Å². The van der Waals surface area contributed by atoms with Gasteiger partial charge < -0.3 is 40.4 Å². The maximum atomic E-state index is 13.5. The van der Waals surface area contributed by atoms with Crippen LogP contribution in [0.1, 0.15) is 58.0 Å². The molecule has 13 heteroatoms. The summed E-state index contributed by atoms with van der Waals surface area (Å²) >= 11 is 0. The van der Waals surface area contributed by atoms with E-state index < -0.39 is 12.2 Å². The summed E-state index contributed by atoms with van der Waals surface area (Å²) in [5, 5.41) is 30.8. The minimum absolute atomic E-state index is 0.0659. The molecule has 13 nitrogen and oxygen atoms in total. The normalized spacial score (nSPS) is 13.7. The van der Waals surface area contributed by atoms with Crippen molar-refractivity contribution in [2.75, 3.05) is 48.8 Å². The van der Waals surface area contributed by atoms with Crippen LogP contribution in [-0.4, -0.2) is 77.3 Å². The minimum atomic E-state index is -0.890. The van der Waals surface area contributed by atoms with Crippen LogP contribution >= 0.6 is 0 Å². The summed E-state index contributed by atoms with van der Waals surface area (Å²) in [4.78, 5) is 58.0. The number of aromatic nitrogens is 1. The highest BCUT2D eigenvalue weighted by molar-refractivity contribution is 6.06. The van der Waals surface area contributed by atoms with Gasteiger partial charge in [-0.1, -0.05) is 72.8 Å². The van der Waals surface area contributed by atoms with Crippen LogP contribution in [0.4, 0.5) is 21.9 Å². The molecule has 0 aliphatic carbocycles. The Morgan fingerprint density at radius 3 is 2.39 bits per heavy atom. The van der Waals surface area contributed by atoms with Gasteiger partial charge in [-0.15, -0.1) is 0 Å². The molecule has 7 rings (SSSR count). The van der Waals surface area contributed by atoms with Gasteiger partial charge in [0.15, 0.2) is 0 Å². The van der Waals surface area contributed by atoms with Crippen LogP contribution in [0.3, 0.4) is 0 Å². The maximum Gasteiger partial charge on any atom is 0.411 e. The number of aromatic hydroxyl groups is 1. The number of carbonyl (C=O) groups is 3. The second kappa shape index (κ2) is 19.7. The number of hydrogen-bond acceptors (Lipinski definition) is 9. The van der Waals surface area contributed by atoms with E-state index >= 15 is 0 Å². The number of phenols is 1. The van der Waals surface area contributed by atoms with Crippen LogP contribution in [0.2, 0.25) is 0 Å². The van der Waals surface area contributed by atoms with E-state index in [2.05, 4.69) is 25.8 Å². The quantitative estimate of drug-likeness (QED) is 0.0644. The fraction of sp³-hybridized carbons (Fsp3) is 0.265. The van der Waals surface area contributed by atoms with Crippen LogP contribution in [0.15, 0.2) is 120 Å². The maximum absolute atomic E-state index is 13.5. The molecule has 6 aromatic rings. The molecule has 62 heavy (non-hydrogen) atoms. The number of pyridine rings is 1. The average molecular weight is 837 g/mol. The lowest BCUT2D eigenvalue weighted by molar-refractivity contribution is -0.118. The molecule has 6 N–H and O–H groups in total. The first kappa shape index (κ1) is 43.3. The van der Waals surface area contributed by atoms with Gasteiger partial charge >= 0.3 is 6.09 Å². The second-order valence-corrected chi connectivity index (χ2v) is 15.7. The van der Waals surface area contributed by atoms with Gasteiger partial charge in [0.05, 0.1) is 17.3 Å². The van der Waals surface area contributed by atoms with E-state index in [0.29, 0.717) is 79.0 Å². The molecule has 1 aliphatic heterocycles. The molecule has 1 fully saturated rings. The van der Waals surface area contributed by atoms with Gasteiger partial charge in [0.1, 0.15) is 11.9 Å². The van der Waals surface area contributed by atoms with E-state index in [1.54, 1.807) is 36.2 Å². The monoisotopic (exact) mass is 836 g/mol. The van der Waals surface area contributed by atoms with Crippen molar-refractivity contribution in [3.63, 3.8) is 0 Å². The third-order valence-electron chi connectivity index (χ3n) is 11.4. The Kier molecular flexibility index (Phi) is 13.8. The van der Waals surface area contributed by atoms with E-state index in [9.17, 15) is 29.4 Å². The lowest BCUT2D eigenvalue weighted by Gasteiger charge is -2.32. The number of benzene rings is 5. The molecule has 1 atom stereocenters. The van der Waals surface area contributed by atoms with Gasteiger partial charge in [0.25, 0.3) is 5.91 Å². The van der Waals surface area contributed by atoms with Crippen molar-refractivity contribution < 1.29 is 29.3 Å². The molecule has 320 valence electrons. The highest BCUT2D eigenvalue weighted by Crippen LogP contribution is 2.30. The van der Waals surface area contributed by atoms with Gasteiger partial charge in [0.2, 0.25) is 11.5 Å². The summed E-state index contributed by atoms with van der Waals surface area (Å²) in [6.45, 7) is 6.47. The summed E-state index contributed by atoms with van der Waals surface area (Å²) < 4.78 is 5.79. The van der Waals surface area contributed by atoms with Crippen LogP contribution in [0, 0.1) is 13.8 Å². The lowest BCUT2D eigenvalue weighted by Crippen LogP contribution is -2.40. The Bertz CT molecular complexity index is 2620. The average Bonchev–Trinajstić information content (AvgIpc) is 3.27. The molecule has 0 unspecified atom stereocenters. The van der Waals surface area contributed by atoms with Crippen LogP contribution in [0.25, 0.3) is 22.0 Å². The minimum Gasteiger partial charge on any atom is -0.506 e. The fourth-order valence-electron chi connectivity index (χ4n) is 7.85. The first-order valence-electron chi connectivity index (χ1n) is 20.8. The molecule has 0 radical (unpaired) electrons. The molecular weight excluding hydrogens is 785 g/mol. The summed E-state index contributed by atoms with van der Waals surface area (Å²) in [6.07, 6.45) is 0.0453. The Morgan fingerprint density at radius 2 is 1.61 bits per heavy atom. The number of fused-ring (bicyclic) bond motifs is 1. The SMILES string of the molecule is Cc1cc(CNC[C@H](O)c2ccc(O)c3[nH]c(=O)ccc23)ccc1NC(=O)c1ccc(C)c(N(C)C(=O)CCN2CCC(OC(=O)Nc3ccccc3-c3ccccc3)CC2)c1. The zero-order valence-electron chi connectivity index (χ0n) is 35.1. The number of nitrogens with one attached hydrogen (secondary N) is 4. The predicted molar refractivity (Wildman–Crippen MR) is 243 cm³/mol. The Balaban J connectivity index is 0.861. The molecule has 3 amide bonds. The Hall–Kier alpha value is -6.80. The summed E-state index contributed by atoms with van der Waals surface area (Å²) in [7, 11) is 1.73. The third kappa shape index (κ3) is 10.6. The summed E-state index contributed by atoms with van der Waals surface area (Å²) in [5.74, 6) is -0.435. The van der Waals surface area contributed by atoms with E-state index in [0.717, 1.165) is 27.8 Å². The van der Waals surface area contributed by atoms with Crippen molar-refractivity contribution in [2.45, 2.75) is 51.9 Å². The van der Waals surface area contributed by atoms with Gasteiger partial charge in [-0.3, -0.25) is 19.7 Å². The topological polar surface area (TPSA) is 176 Å². The van der Waals surface area contributed by atoms with Crippen LogP contribution in [-0.2, 0) is 16.1 Å². The number of aromatic amines is 1. The number of ether oxygens (including phenoxy) is 1. The number of amides is 3. The van der Waals surface area contributed by atoms with Crippen LogP contribution < -0.4 is 26.4 Å². The number of rotatable bonds is 14. The Labute approximate surface area is 360 Å². The summed E-state index contributed by atoms with van der Waals surface area (Å²) in [5.41, 5.74) is 7.53.